The molecule has 112 valence electrons. The monoisotopic (exact) mass is 303 g/mol. The zero-order chi connectivity index (χ0) is 14.5. The van der Waals surface area contributed by atoms with Crippen molar-refractivity contribution in [2.45, 2.75) is 19.3 Å². The van der Waals surface area contributed by atoms with Gasteiger partial charge in [0.1, 0.15) is 5.84 Å². The number of carbonyl (C=O) groups is 1. The summed E-state index contributed by atoms with van der Waals surface area (Å²) in [7, 11) is 0. The van der Waals surface area contributed by atoms with Crippen molar-refractivity contribution in [2.75, 3.05) is 36.5 Å². The summed E-state index contributed by atoms with van der Waals surface area (Å²) in [5, 5.41) is 3.32. The minimum atomic E-state index is 0.155. The van der Waals surface area contributed by atoms with E-state index in [2.05, 4.69) is 10.3 Å². The number of rotatable bonds is 2. The Morgan fingerprint density at radius 1 is 1.14 bits per heavy atom. The standard InChI is InChI=1S/C16H21N3OS/c20-16(19-9-2-11-21-12-10-19)13-4-6-14(7-5-13)18-15-3-1-8-17-15/h4-7H,1-3,8-12H2,(H,17,18). The number of hydrogen-bond donors (Lipinski definition) is 1. The molecule has 1 N–H and O–H groups in total. The van der Waals surface area contributed by atoms with Crippen molar-refractivity contribution in [2.24, 2.45) is 4.99 Å². The Kier molecular flexibility index (Phi) is 4.80. The van der Waals surface area contributed by atoms with E-state index in [1.54, 1.807) is 0 Å². The predicted octanol–water partition coefficient (Wildman–Crippen LogP) is 2.87. The SMILES string of the molecule is O=C(c1ccc(NC2=NCCC2)cc1)N1CCCSCC1. The maximum atomic E-state index is 12.5. The van der Waals surface area contributed by atoms with Gasteiger partial charge in [0.15, 0.2) is 0 Å². The number of nitrogens with zero attached hydrogens (tertiary/aromatic N) is 2. The molecule has 1 fully saturated rings. The molecule has 2 aliphatic rings. The summed E-state index contributed by atoms with van der Waals surface area (Å²) in [6.45, 7) is 2.66. The number of thioether (sulfide) groups is 1. The first-order valence-electron chi connectivity index (χ1n) is 7.60. The molecule has 0 bridgehead atoms. The second-order valence-electron chi connectivity index (χ2n) is 5.39. The van der Waals surface area contributed by atoms with E-state index < -0.39 is 0 Å². The number of hydrogen-bond acceptors (Lipinski definition) is 4. The smallest absolute Gasteiger partial charge is 0.253 e. The summed E-state index contributed by atoms with van der Waals surface area (Å²) in [5.41, 5.74) is 1.79. The number of carbonyl (C=O) groups excluding carboxylic acids is 1. The second kappa shape index (κ2) is 6.98. The van der Waals surface area contributed by atoms with Gasteiger partial charge in [0.25, 0.3) is 5.91 Å². The number of anilines is 1. The van der Waals surface area contributed by atoms with Gasteiger partial charge < -0.3 is 10.2 Å². The number of aliphatic imine (C=N–C) groups is 1. The van der Waals surface area contributed by atoms with Crippen molar-refractivity contribution in [1.29, 1.82) is 0 Å². The van der Waals surface area contributed by atoms with Crippen LogP contribution in [-0.2, 0) is 0 Å². The minimum Gasteiger partial charge on any atom is -0.344 e. The molecule has 1 aromatic carbocycles. The third-order valence-electron chi connectivity index (χ3n) is 3.80. The van der Waals surface area contributed by atoms with E-state index in [4.69, 9.17) is 0 Å². The highest BCUT2D eigenvalue weighted by Gasteiger charge is 2.17. The molecule has 0 aromatic heterocycles. The van der Waals surface area contributed by atoms with Gasteiger partial charge in [-0.15, -0.1) is 0 Å². The lowest BCUT2D eigenvalue weighted by Crippen LogP contribution is -2.32. The van der Waals surface area contributed by atoms with Crippen molar-refractivity contribution < 1.29 is 4.79 Å². The molecular formula is C16H21N3OS. The molecule has 2 aliphatic heterocycles. The van der Waals surface area contributed by atoms with Crippen LogP contribution >= 0.6 is 11.8 Å². The van der Waals surface area contributed by atoms with Crippen LogP contribution in [0.2, 0.25) is 0 Å². The van der Waals surface area contributed by atoms with Crippen LogP contribution in [-0.4, -0.2) is 47.8 Å². The Hall–Kier alpha value is -1.49. The van der Waals surface area contributed by atoms with Crippen LogP contribution in [0.4, 0.5) is 5.69 Å². The van der Waals surface area contributed by atoms with Crippen molar-refractivity contribution in [1.82, 2.24) is 4.90 Å². The topological polar surface area (TPSA) is 44.7 Å². The lowest BCUT2D eigenvalue weighted by molar-refractivity contribution is 0.0768. The van der Waals surface area contributed by atoms with E-state index in [1.807, 2.05) is 40.9 Å². The molecule has 1 amide bonds. The average Bonchev–Trinajstić information content (AvgIpc) is 2.87. The fraction of sp³-hybridized carbons (Fsp3) is 0.500. The Morgan fingerprint density at radius 3 is 2.76 bits per heavy atom. The molecule has 2 heterocycles. The van der Waals surface area contributed by atoms with Gasteiger partial charge in [0, 0.05) is 43.1 Å². The van der Waals surface area contributed by atoms with E-state index in [-0.39, 0.29) is 5.91 Å². The highest BCUT2D eigenvalue weighted by Crippen LogP contribution is 2.16. The molecule has 0 saturated carbocycles. The maximum Gasteiger partial charge on any atom is 0.253 e. The number of nitrogens with one attached hydrogen (secondary N) is 1. The number of benzene rings is 1. The minimum absolute atomic E-state index is 0.155. The third kappa shape index (κ3) is 3.79. The molecule has 1 saturated heterocycles. The average molecular weight is 303 g/mol. The Balaban J connectivity index is 1.63. The van der Waals surface area contributed by atoms with Gasteiger partial charge in [-0.2, -0.15) is 11.8 Å². The van der Waals surface area contributed by atoms with E-state index >= 15 is 0 Å². The van der Waals surface area contributed by atoms with Gasteiger partial charge in [0.2, 0.25) is 0 Å². The van der Waals surface area contributed by atoms with Gasteiger partial charge >= 0.3 is 0 Å². The second-order valence-corrected chi connectivity index (χ2v) is 6.62. The van der Waals surface area contributed by atoms with E-state index in [0.29, 0.717) is 0 Å². The van der Waals surface area contributed by atoms with Crippen molar-refractivity contribution >= 4 is 29.2 Å². The number of amidine groups is 1. The molecule has 0 radical (unpaired) electrons. The molecular weight excluding hydrogens is 282 g/mol. The van der Waals surface area contributed by atoms with Crippen LogP contribution < -0.4 is 5.32 Å². The molecule has 21 heavy (non-hydrogen) atoms. The first-order chi connectivity index (χ1) is 10.3. The van der Waals surface area contributed by atoms with E-state index in [0.717, 1.165) is 67.5 Å². The Morgan fingerprint density at radius 2 is 2.00 bits per heavy atom. The summed E-state index contributed by atoms with van der Waals surface area (Å²) in [5.74, 6) is 3.42. The van der Waals surface area contributed by atoms with Crippen molar-refractivity contribution in [3.63, 3.8) is 0 Å². The Bertz CT molecular complexity index is 519. The largest absolute Gasteiger partial charge is 0.344 e. The highest BCUT2D eigenvalue weighted by atomic mass is 32.2. The van der Waals surface area contributed by atoms with Crippen LogP contribution in [0, 0.1) is 0 Å². The highest BCUT2D eigenvalue weighted by molar-refractivity contribution is 7.99. The molecule has 0 spiro atoms. The zero-order valence-electron chi connectivity index (χ0n) is 12.2. The summed E-state index contributed by atoms with van der Waals surface area (Å²) >= 11 is 1.94. The molecule has 0 aliphatic carbocycles. The summed E-state index contributed by atoms with van der Waals surface area (Å²) < 4.78 is 0. The van der Waals surface area contributed by atoms with Crippen LogP contribution in [0.5, 0.6) is 0 Å². The molecule has 0 atom stereocenters. The molecule has 3 rings (SSSR count). The molecule has 5 heteroatoms. The van der Waals surface area contributed by atoms with Crippen LogP contribution in [0.1, 0.15) is 29.6 Å². The van der Waals surface area contributed by atoms with Gasteiger partial charge in [-0.3, -0.25) is 9.79 Å². The summed E-state index contributed by atoms with van der Waals surface area (Å²) in [4.78, 5) is 18.9. The normalized spacial score (nSPS) is 19.0. The van der Waals surface area contributed by atoms with Crippen LogP contribution in [0.15, 0.2) is 29.3 Å². The van der Waals surface area contributed by atoms with Gasteiger partial charge in [-0.25, -0.2) is 0 Å². The van der Waals surface area contributed by atoms with Crippen molar-refractivity contribution in [3.8, 4) is 0 Å². The first kappa shape index (κ1) is 14.4. The quantitative estimate of drug-likeness (QED) is 0.913. The lowest BCUT2D eigenvalue weighted by atomic mass is 10.1. The fourth-order valence-electron chi connectivity index (χ4n) is 2.64. The van der Waals surface area contributed by atoms with Crippen LogP contribution in [0.25, 0.3) is 0 Å². The van der Waals surface area contributed by atoms with Crippen molar-refractivity contribution in [3.05, 3.63) is 29.8 Å². The molecule has 0 unspecified atom stereocenters. The lowest BCUT2D eigenvalue weighted by Gasteiger charge is -2.20. The number of amides is 1. The summed E-state index contributed by atoms with van der Waals surface area (Å²) in [6, 6.07) is 7.78. The van der Waals surface area contributed by atoms with E-state index in [1.165, 1.54) is 0 Å². The molecule has 1 aromatic rings. The maximum absolute atomic E-state index is 12.5. The van der Waals surface area contributed by atoms with E-state index in [9.17, 15) is 4.79 Å². The fourth-order valence-corrected chi connectivity index (χ4v) is 3.52. The Labute approximate surface area is 130 Å². The third-order valence-corrected chi connectivity index (χ3v) is 4.85. The van der Waals surface area contributed by atoms with Gasteiger partial charge in [0.05, 0.1) is 0 Å². The van der Waals surface area contributed by atoms with Crippen LogP contribution in [0.3, 0.4) is 0 Å². The predicted molar refractivity (Wildman–Crippen MR) is 89.4 cm³/mol. The van der Waals surface area contributed by atoms with Gasteiger partial charge in [-0.1, -0.05) is 0 Å². The molecule has 4 nitrogen and oxygen atoms in total. The van der Waals surface area contributed by atoms with Gasteiger partial charge in [-0.05, 0) is 42.9 Å². The first-order valence-corrected chi connectivity index (χ1v) is 8.76. The zero-order valence-corrected chi connectivity index (χ0v) is 13.0. The summed E-state index contributed by atoms with van der Waals surface area (Å²) in [6.07, 6.45) is 3.24.